The standard InChI is InChI=1S/C15H19ClO/c1-14(2)5-6-15(3,4)12-8-13(16)10(9-17)7-11(12)14/h7-9H,5-6H2,1-4H3. The SMILES string of the molecule is CC1(C)CCC(C)(C)c2cc(C=O)c(Cl)cc21. The molecule has 0 bridgehead atoms. The fourth-order valence-corrected chi connectivity index (χ4v) is 2.90. The van der Waals surface area contributed by atoms with E-state index in [9.17, 15) is 4.79 Å². The molecule has 0 atom stereocenters. The lowest BCUT2D eigenvalue weighted by atomic mass is 9.63. The molecule has 0 radical (unpaired) electrons. The summed E-state index contributed by atoms with van der Waals surface area (Å²) in [4.78, 5) is 11.0. The normalized spacial score (nSPS) is 20.8. The minimum absolute atomic E-state index is 0.132. The Morgan fingerprint density at radius 2 is 1.53 bits per heavy atom. The zero-order valence-electron chi connectivity index (χ0n) is 10.9. The molecule has 92 valence electrons. The lowest BCUT2D eigenvalue weighted by Gasteiger charge is -2.42. The summed E-state index contributed by atoms with van der Waals surface area (Å²) in [6.45, 7) is 8.98. The third-order valence-electron chi connectivity index (χ3n) is 4.10. The molecule has 1 aliphatic carbocycles. The molecule has 0 saturated carbocycles. The number of hydrogen-bond acceptors (Lipinski definition) is 1. The van der Waals surface area contributed by atoms with Gasteiger partial charge in [0.2, 0.25) is 0 Å². The first-order valence-electron chi connectivity index (χ1n) is 6.08. The summed E-state index contributed by atoms with van der Waals surface area (Å²) in [5.74, 6) is 0. The molecule has 1 aliphatic rings. The maximum atomic E-state index is 11.0. The van der Waals surface area contributed by atoms with Gasteiger partial charge in [-0.2, -0.15) is 0 Å². The lowest BCUT2D eigenvalue weighted by molar-refractivity contribution is 0.112. The van der Waals surface area contributed by atoms with Crippen LogP contribution in [0.25, 0.3) is 0 Å². The molecule has 0 aliphatic heterocycles. The zero-order chi connectivity index (χ0) is 12.8. The van der Waals surface area contributed by atoms with E-state index in [-0.39, 0.29) is 10.8 Å². The second-order valence-electron chi connectivity index (χ2n) is 6.30. The quantitative estimate of drug-likeness (QED) is 0.671. The van der Waals surface area contributed by atoms with Gasteiger partial charge in [0.05, 0.1) is 5.02 Å². The molecule has 0 heterocycles. The van der Waals surface area contributed by atoms with Crippen LogP contribution in [0, 0.1) is 0 Å². The van der Waals surface area contributed by atoms with Gasteiger partial charge in [-0.1, -0.05) is 39.3 Å². The van der Waals surface area contributed by atoms with E-state index < -0.39 is 0 Å². The van der Waals surface area contributed by atoms with Crippen molar-refractivity contribution in [1.29, 1.82) is 0 Å². The number of rotatable bonds is 1. The highest BCUT2D eigenvalue weighted by molar-refractivity contribution is 6.33. The number of hydrogen-bond donors (Lipinski definition) is 0. The highest BCUT2D eigenvalue weighted by atomic mass is 35.5. The van der Waals surface area contributed by atoms with E-state index in [1.165, 1.54) is 11.1 Å². The number of fused-ring (bicyclic) bond motifs is 1. The van der Waals surface area contributed by atoms with Crippen molar-refractivity contribution in [3.63, 3.8) is 0 Å². The number of halogens is 1. The van der Waals surface area contributed by atoms with Crippen molar-refractivity contribution in [2.75, 3.05) is 0 Å². The van der Waals surface area contributed by atoms with Gasteiger partial charge in [0.25, 0.3) is 0 Å². The average Bonchev–Trinajstić information content (AvgIpc) is 2.24. The maximum absolute atomic E-state index is 11.0. The van der Waals surface area contributed by atoms with Gasteiger partial charge in [0, 0.05) is 5.56 Å². The van der Waals surface area contributed by atoms with Crippen LogP contribution in [0.2, 0.25) is 5.02 Å². The molecular weight excluding hydrogens is 232 g/mol. The molecule has 0 fully saturated rings. The molecule has 0 saturated heterocycles. The van der Waals surface area contributed by atoms with Crippen molar-refractivity contribution < 1.29 is 4.79 Å². The maximum Gasteiger partial charge on any atom is 0.151 e. The first kappa shape index (κ1) is 12.6. The van der Waals surface area contributed by atoms with Crippen LogP contribution in [0.5, 0.6) is 0 Å². The van der Waals surface area contributed by atoms with Crippen LogP contribution in [-0.2, 0) is 10.8 Å². The minimum Gasteiger partial charge on any atom is -0.298 e. The Bertz CT molecular complexity index is 472. The van der Waals surface area contributed by atoms with Crippen molar-refractivity contribution in [2.45, 2.75) is 51.4 Å². The second kappa shape index (κ2) is 3.84. The summed E-state index contributed by atoms with van der Waals surface area (Å²) in [6, 6.07) is 3.97. The smallest absolute Gasteiger partial charge is 0.151 e. The molecule has 2 heteroatoms. The van der Waals surface area contributed by atoms with E-state index in [0.717, 1.165) is 19.1 Å². The Labute approximate surface area is 108 Å². The monoisotopic (exact) mass is 250 g/mol. The van der Waals surface area contributed by atoms with E-state index in [2.05, 4.69) is 27.7 Å². The summed E-state index contributed by atoms with van der Waals surface area (Å²) >= 11 is 6.15. The number of aldehydes is 1. The molecule has 1 aromatic carbocycles. The summed E-state index contributed by atoms with van der Waals surface area (Å²) < 4.78 is 0. The minimum atomic E-state index is 0.132. The Hall–Kier alpha value is -0.820. The van der Waals surface area contributed by atoms with Gasteiger partial charge >= 0.3 is 0 Å². The third-order valence-corrected chi connectivity index (χ3v) is 4.42. The Morgan fingerprint density at radius 1 is 1.06 bits per heavy atom. The number of carbonyl (C=O) groups excluding carboxylic acids is 1. The molecule has 0 unspecified atom stereocenters. The first-order valence-corrected chi connectivity index (χ1v) is 6.45. The largest absolute Gasteiger partial charge is 0.298 e. The Kier molecular flexibility index (Phi) is 2.86. The van der Waals surface area contributed by atoms with E-state index in [0.29, 0.717) is 10.6 Å². The van der Waals surface area contributed by atoms with Gasteiger partial charge in [-0.25, -0.2) is 0 Å². The molecule has 1 aromatic rings. The van der Waals surface area contributed by atoms with E-state index in [4.69, 9.17) is 11.6 Å². The van der Waals surface area contributed by atoms with Gasteiger partial charge in [0.15, 0.2) is 6.29 Å². The number of benzene rings is 1. The van der Waals surface area contributed by atoms with Crippen molar-refractivity contribution >= 4 is 17.9 Å². The molecule has 0 N–H and O–H groups in total. The van der Waals surface area contributed by atoms with E-state index in [1.807, 2.05) is 12.1 Å². The molecule has 0 amide bonds. The predicted molar refractivity (Wildman–Crippen MR) is 72.1 cm³/mol. The van der Waals surface area contributed by atoms with Crippen LogP contribution in [0.15, 0.2) is 12.1 Å². The number of carbonyl (C=O) groups is 1. The summed E-state index contributed by atoms with van der Waals surface area (Å²) in [5.41, 5.74) is 3.46. The lowest BCUT2D eigenvalue weighted by Crippen LogP contribution is -2.34. The summed E-state index contributed by atoms with van der Waals surface area (Å²) in [5, 5.41) is 0.574. The molecule has 17 heavy (non-hydrogen) atoms. The van der Waals surface area contributed by atoms with Gasteiger partial charge in [-0.15, -0.1) is 0 Å². The third kappa shape index (κ3) is 2.01. The highest BCUT2D eigenvalue weighted by Crippen LogP contribution is 2.46. The molecule has 2 rings (SSSR count). The molecule has 1 nitrogen and oxygen atoms in total. The molecule has 0 spiro atoms. The van der Waals surface area contributed by atoms with Crippen molar-refractivity contribution in [3.8, 4) is 0 Å². The van der Waals surface area contributed by atoms with Crippen LogP contribution < -0.4 is 0 Å². The van der Waals surface area contributed by atoms with Gasteiger partial charge in [-0.05, 0) is 46.9 Å². The second-order valence-corrected chi connectivity index (χ2v) is 6.71. The Morgan fingerprint density at radius 3 is 2.00 bits per heavy atom. The van der Waals surface area contributed by atoms with Crippen LogP contribution in [0.3, 0.4) is 0 Å². The van der Waals surface area contributed by atoms with Gasteiger partial charge in [-0.3, -0.25) is 4.79 Å². The van der Waals surface area contributed by atoms with E-state index >= 15 is 0 Å². The first-order chi connectivity index (χ1) is 7.78. The fraction of sp³-hybridized carbons (Fsp3) is 0.533. The van der Waals surface area contributed by atoms with Crippen LogP contribution in [0.1, 0.15) is 62.0 Å². The van der Waals surface area contributed by atoms with Crippen molar-refractivity contribution in [1.82, 2.24) is 0 Å². The predicted octanol–water partition coefficient (Wildman–Crippen LogP) is 4.50. The zero-order valence-corrected chi connectivity index (χ0v) is 11.7. The summed E-state index contributed by atoms with van der Waals surface area (Å²) in [7, 11) is 0. The molecular formula is C15H19ClO. The Balaban J connectivity index is 2.72. The fourth-order valence-electron chi connectivity index (χ4n) is 2.69. The van der Waals surface area contributed by atoms with Crippen molar-refractivity contribution in [2.24, 2.45) is 0 Å². The van der Waals surface area contributed by atoms with Gasteiger partial charge in [0.1, 0.15) is 0 Å². The highest BCUT2D eigenvalue weighted by Gasteiger charge is 2.37. The van der Waals surface area contributed by atoms with E-state index in [1.54, 1.807) is 0 Å². The van der Waals surface area contributed by atoms with Crippen LogP contribution >= 0.6 is 11.6 Å². The van der Waals surface area contributed by atoms with Gasteiger partial charge < -0.3 is 0 Å². The summed E-state index contributed by atoms with van der Waals surface area (Å²) in [6.07, 6.45) is 3.15. The van der Waals surface area contributed by atoms with Crippen LogP contribution in [0.4, 0.5) is 0 Å². The van der Waals surface area contributed by atoms with Crippen molar-refractivity contribution in [3.05, 3.63) is 33.8 Å². The molecule has 0 aromatic heterocycles. The van der Waals surface area contributed by atoms with Crippen LogP contribution in [-0.4, -0.2) is 6.29 Å². The average molecular weight is 251 g/mol. The topological polar surface area (TPSA) is 17.1 Å².